The van der Waals surface area contributed by atoms with Gasteiger partial charge in [-0.1, -0.05) is 49.6 Å². The molecule has 0 aromatic heterocycles. The zero-order valence-electron chi connectivity index (χ0n) is 13.4. The Hall–Kier alpha value is -1.35. The van der Waals surface area contributed by atoms with Gasteiger partial charge in [-0.2, -0.15) is 0 Å². The average molecular weight is 289 g/mol. The average Bonchev–Trinajstić information content (AvgIpc) is 2.99. The molecule has 1 N–H and O–H groups in total. The standard InChI is InChI=1S/C18H27NO2/c1-4-18(17(20)21-5-2,19-16-8-6-7-9-16)15-12-10-14(3)11-13-15/h10-13,16,19H,4-9H2,1-3H3. The van der Waals surface area contributed by atoms with Gasteiger partial charge >= 0.3 is 5.97 Å². The van der Waals surface area contributed by atoms with E-state index in [1.54, 1.807) is 0 Å². The van der Waals surface area contributed by atoms with Gasteiger partial charge < -0.3 is 4.74 Å². The smallest absolute Gasteiger partial charge is 0.330 e. The molecule has 0 bridgehead atoms. The summed E-state index contributed by atoms with van der Waals surface area (Å²) in [6.07, 6.45) is 5.48. The fourth-order valence-electron chi connectivity index (χ4n) is 3.22. The Morgan fingerprint density at radius 2 is 1.86 bits per heavy atom. The lowest BCUT2D eigenvalue weighted by Crippen LogP contribution is -2.53. The van der Waals surface area contributed by atoms with Gasteiger partial charge in [-0.05, 0) is 38.7 Å². The topological polar surface area (TPSA) is 38.3 Å². The summed E-state index contributed by atoms with van der Waals surface area (Å²) in [7, 11) is 0. The van der Waals surface area contributed by atoms with E-state index in [9.17, 15) is 4.79 Å². The lowest BCUT2D eigenvalue weighted by molar-refractivity contribution is -0.152. The van der Waals surface area contributed by atoms with Crippen LogP contribution in [-0.2, 0) is 15.1 Å². The van der Waals surface area contributed by atoms with E-state index in [0.29, 0.717) is 19.1 Å². The molecule has 3 nitrogen and oxygen atoms in total. The second-order valence-corrected chi connectivity index (χ2v) is 5.97. The second-order valence-electron chi connectivity index (χ2n) is 5.97. The molecule has 21 heavy (non-hydrogen) atoms. The summed E-state index contributed by atoms with van der Waals surface area (Å²) in [6.45, 7) is 6.40. The maximum Gasteiger partial charge on any atom is 0.330 e. The zero-order valence-corrected chi connectivity index (χ0v) is 13.4. The molecule has 1 atom stereocenters. The molecule has 1 unspecified atom stereocenters. The lowest BCUT2D eigenvalue weighted by atomic mass is 9.85. The van der Waals surface area contributed by atoms with E-state index in [1.165, 1.54) is 18.4 Å². The van der Waals surface area contributed by atoms with E-state index in [4.69, 9.17) is 4.74 Å². The van der Waals surface area contributed by atoms with Gasteiger partial charge in [-0.3, -0.25) is 5.32 Å². The van der Waals surface area contributed by atoms with Crippen LogP contribution in [0.4, 0.5) is 0 Å². The normalized spacial score (nSPS) is 18.4. The SMILES string of the molecule is CCOC(=O)C(CC)(NC1CCCC1)c1ccc(C)cc1. The highest BCUT2D eigenvalue weighted by Gasteiger charge is 2.42. The van der Waals surface area contributed by atoms with Crippen LogP contribution in [0.1, 0.15) is 57.1 Å². The van der Waals surface area contributed by atoms with Crippen LogP contribution < -0.4 is 5.32 Å². The monoisotopic (exact) mass is 289 g/mol. The van der Waals surface area contributed by atoms with Crippen LogP contribution in [0.3, 0.4) is 0 Å². The van der Waals surface area contributed by atoms with E-state index in [-0.39, 0.29) is 5.97 Å². The molecule has 116 valence electrons. The number of benzene rings is 1. The van der Waals surface area contributed by atoms with E-state index < -0.39 is 5.54 Å². The van der Waals surface area contributed by atoms with Crippen LogP contribution in [0.2, 0.25) is 0 Å². The minimum atomic E-state index is -0.710. The fourth-order valence-corrected chi connectivity index (χ4v) is 3.22. The first-order chi connectivity index (χ1) is 10.1. The van der Waals surface area contributed by atoms with Gasteiger partial charge in [0.1, 0.15) is 5.54 Å². The molecule has 3 heteroatoms. The van der Waals surface area contributed by atoms with Crippen molar-refractivity contribution >= 4 is 5.97 Å². The summed E-state index contributed by atoms with van der Waals surface area (Å²) < 4.78 is 5.39. The van der Waals surface area contributed by atoms with Gasteiger partial charge in [0, 0.05) is 6.04 Å². The van der Waals surface area contributed by atoms with Crippen molar-refractivity contribution in [1.82, 2.24) is 5.32 Å². The minimum absolute atomic E-state index is 0.150. The van der Waals surface area contributed by atoms with Crippen LogP contribution in [0, 0.1) is 6.92 Å². The molecule has 0 radical (unpaired) electrons. The van der Waals surface area contributed by atoms with Crippen LogP contribution in [-0.4, -0.2) is 18.6 Å². The van der Waals surface area contributed by atoms with Crippen LogP contribution >= 0.6 is 0 Å². The molecule has 0 aliphatic heterocycles. The van der Waals surface area contributed by atoms with Crippen LogP contribution in [0.5, 0.6) is 0 Å². The number of nitrogens with one attached hydrogen (secondary N) is 1. The van der Waals surface area contributed by atoms with Gasteiger partial charge in [0.25, 0.3) is 0 Å². The molecule has 1 fully saturated rings. The van der Waals surface area contributed by atoms with Crippen molar-refractivity contribution in [3.05, 3.63) is 35.4 Å². The first kappa shape index (κ1) is 16.0. The molecule has 0 saturated heterocycles. The number of carbonyl (C=O) groups excluding carboxylic acids is 1. The maximum absolute atomic E-state index is 12.7. The molecule has 2 rings (SSSR count). The molecular weight excluding hydrogens is 262 g/mol. The predicted octanol–water partition coefficient (Wildman–Crippen LogP) is 3.70. The minimum Gasteiger partial charge on any atom is -0.464 e. The molecule has 1 aliphatic rings. The lowest BCUT2D eigenvalue weighted by Gasteiger charge is -2.35. The van der Waals surface area contributed by atoms with Crippen molar-refractivity contribution in [1.29, 1.82) is 0 Å². The number of esters is 1. The highest BCUT2D eigenvalue weighted by atomic mass is 16.5. The Labute approximate surface area is 128 Å². The largest absolute Gasteiger partial charge is 0.464 e. The third kappa shape index (κ3) is 3.46. The summed E-state index contributed by atoms with van der Waals surface area (Å²) in [5, 5.41) is 3.62. The maximum atomic E-state index is 12.7. The van der Waals surface area contributed by atoms with Gasteiger partial charge in [-0.15, -0.1) is 0 Å². The van der Waals surface area contributed by atoms with Crippen molar-refractivity contribution < 1.29 is 9.53 Å². The third-order valence-electron chi connectivity index (χ3n) is 4.50. The van der Waals surface area contributed by atoms with Gasteiger partial charge in [-0.25, -0.2) is 4.79 Å². The number of aryl methyl sites for hydroxylation is 1. The highest BCUT2D eigenvalue weighted by Crippen LogP contribution is 2.31. The van der Waals surface area contributed by atoms with Crippen molar-refractivity contribution in [2.45, 2.75) is 64.5 Å². The summed E-state index contributed by atoms with van der Waals surface area (Å²) in [5.74, 6) is -0.150. The van der Waals surface area contributed by atoms with E-state index in [1.807, 2.05) is 6.92 Å². The third-order valence-corrected chi connectivity index (χ3v) is 4.50. The van der Waals surface area contributed by atoms with Crippen molar-refractivity contribution in [2.24, 2.45) is 0 Å². The molecule has 1 saturated carbocycles. The van der Waals surface area contributed by atoms with Crippen molar-refractivity contribution in [3.63, 3.8) is 0 Å². The van der Waals surface area contributed by atoms with E-state index in [0.717, 1.165) is 18.4 Å². The quantitative estimate of drug-likeness (QED) is 0.812. The molecule has 0 spiro atoms. The van der Waals surface area contributed by atoms with Crippen molar-refractivity contribution in [3.8, 4) is 0 Å². The van der Waals surface area contributed by atoms with E-state index in [2.05, 4.69) is 43.4 Å². The highest BCUT2D eigenvalue weighted by molar-refractivity contribution is 5.82. The predicted molar refractivity (Wildman–Crippen MR) is 85.2 cm³/mol. The fraction of sp³-hybridized carbons (Fsp3) is 0.611. The Morgan fingerprint density at radius 1 is 1.24 bits per heavy atom. The first-order valence-corrected chi connectivity index (χ1v) is 8.14. The first-order valence-electron chi connectivity index (χ1n) is 8.14. The van der Waals surface area contributed by atoms with Crippen LogP contribution in [0.15, 0.2) is 24.3 Å². The summed E-state index contributed by atoms with van der Waals surface area (Å²) in [4.78, 5) is 12.7. The van der Waals surface area contributed by atoms with Gasteiger partial charge in [0.05, 0.1) is 6.61 Å². The second kappa shape index (κ2) is 7.08. The summed E-state index contributed by atoms with van der Waals surface area (Å²) >= 11 is 0. The molecule has 1 aromatic rings. The molecule has 1 aliphatic carbocycles. The molecule has 1 aromatic carbocycles. The number of hydrogen-bond acceptors (Lipinski definition) is 3. The zero-order chi connectivity index (χ0) is 15.3. The Balaban J connectivity index is 2.34. The Kier molecular flexibility index (Phi) is 5.40. The van der Waals surface area contributed by atoms with Crippen LogP contribution in [0.25, 0.3) is 0 Å². The van der Waals surface area contributed by atoms with Gasteiger partial charge in [0.2, 0.25) is 0 Å². The van der Waals surface area contributed by atoms with Gasteiger partial charge in [0.15, 0.2) is 0 Å². The number of rotatable bonds is 6. The molecular formula is C18H27NO2. The molecule has 0 heterocycles. The number of carbonyl (C=O) groups is 1. The summed E-state index contributed by atoms with van der Waals surface area (Å²) in [5.41, 5.74) is 1.51. The van der Waals surface area contributed by atoms with Crippen molar-refractivity contribution in [2.75, 3.05) is 6.61 Å². The Bertz CT molecular complexity index is 463. The Morgan fingerprint density at radius 3 is 2.38 bits per heavy atom. The number of ether oxygens (including phenoxy) is 1. The summed E-state index contributed by atoms with van der Waals surface area (Å²) in [6, 6.07) is 8.65. The van der Waals surface area contributed by atoms with E-state index >= 15 is 0 Å². The number of hydrogen-bond donors (Lipinski definition) is 1. The molecule has 0 amide bonds.